The van der Waals surface area contributed by atoms with E-state index in [1.807, 2.05) is 37.3 Å². The first-order chi connectivity index (χ1) is 14.2. The number of carbonyl (C=O) groups is 1. The minimum atomic E-state index is -3.94. The lowest BCUT2D eigenvalue weighted by atomic mass is 10.2. The molecule has 0 bridgehead atoms. The largest absolute Gasteiger partial charge is 0.445 e. The summed E-state index contributed by atoms with van der Waals surface area (Å²) in [5.74, 6) is 0. The lowest BCUT2D eigenvalue weighted by Gasteiger charge is -2.20. The number of aromatic nitrogens is 2. The Morgan fingerprint density at radius 1 is 1.27 bits per heavy atom. The molecule has 30 heavy (non-hydrogen) atoms. The molecule has 10 heteroatoms. The van der Waals surface area contributed by atoms with Crippen molar-refractivity contribution in [2.45, 2.75) is 36.9 Å². The van der Waals surface area contributed by atoms with Crippen molar-refractivity contribution < 1.29 is 17.9 Å². The second-order valence-electron chi connectivity index (χ2n) is 7.30. The summed E-state index contributed by atoms with van der Waals surface area (Å²) in [4.78, 5) is 14.2. The highest BCUT2D eigenvalue weighted by Gasteiger charge is 2.35. The van der Waals surface area contributed by atoms with Crippen LogP contribution in [-0.4, -0.2) is 41.8 Å². The van der Waals surface area contributed by atoms with Gasteiger partial charge in [0.2, 0.25) is 0 Å². The molecule has 1 aliphatic heterocycles. The Balaban J connectivity index is 1.55. The van der Waals surface area contributed by atoms with Crippen LogP contribution in [-0.2, 0) is 20.4 Å². The molecule has 1 aromatic heterocycles. The third-order valence-corrected chi connectivity index (χ3v) is 6.91. The Hall–Kier alpha value is -2.29. The van der Waals surface area contributed by atoms with E-state index < -0.39 is 15.1 Å². The van der Waals surface area contributed by atoms with Gasteiger partial charge in [0, 0.05) is 28.7 Å². The number of fused-ring (bicyclic) bond motifs is 1. The summed E-state index contributed by atoms with van der Waals surface area (Å²) >= 11 is 6.23. The maximum Gasteiger partial charge on any atom is 0.410 e. The van der Waals surface area contributed by atoms with E-state index in [2.05, 4.69) is 5.10 Å². The fourth-order valence-electron chi connectivity index (χ4n) is 3.75. The second-order valence-corrected chi connectivity index (χ2v) is 10.3. The molecule has 7 nitrogen and oxygen atoms in total. The van der Waals surface area contributed by atoms with Crippen molar-refractivity contribution in [3.63, 3.8) is 0 Å². The maximum atomic E-state index is 12.6. The third-order valence-electron chi connectivity index (χ3n) is 5.26. The Labute approximate surface area is 183 Å². The van der Waals surface area contributed by atoms with Crippen molar-refractivity contribution in [2.75, 3.05) is 6.54 Å². The highest BCUT2D eigenvalue weighted by molar-refractivity contribution is 8.13. The molecule has 0 unspecified atom stereocenters. The van der Waals surface area contributed by atoms with E-state index in [9.17, 15) is 13.2 Å². The topological polar surface area (TPSA) is 81.5 Å². The molecule has 0 saturated carbocycles. The minimum absolute atomic E-state index is 0.0621. The number of halogens is 2. The van der Waals surface area contributed by atoms with Crippen LogP contribution in [0.5, 0.6) is 0 Å². The van der Waals surface area contributed by atoms with Crippen molar-refractivity contribution in [3.05, 3.63) is 59.2 Å². The molecule has 2 heterocycles. The molecule has 0 aliphatic carbocycles. The van der Waals surface area contributed by atoms with Crippen molar-refractivity contribution in [1.29, 1.82) is 0 Å². The quantitative estimate of drug-likeness (QED) is 0.524. The summed E-state index contributed by atoms with van der Waals surface area (Å²) in [6.07, 6.45) is 1.84. The van der Waals surface area contributed by atoms with Gasteiger partial charge in [-0.3, -0.25) is 4.68 Å². The molecule has 2 aromatic carbocycles. The van der Waals surface area contributed by atoms with Crippen molar-refractivity contribution in [1.82, 2.24) is 14.7 Å². The number of amides is 1. The van der Waals surface area contributed by atoms with Gasteiger partial charge in [-0.2, -0.15) is 5.10 Å². The number of hydrogen-bond acceptors (Lipinski definition) is 5. The second kappa shape index (κ2) is 8.09. The van der Waals surface area contributed by atoms with Crippen LogP contribution < -0.4 is 0 Å². The molecule has 4 rings (SSSR count). The van der Waals surface area contributed by atoms with E-state index in [-0.39, 0.29) is 28.6 Å². The van der Waals surface area contributed by atoms with Crippen LogP contribution in [0.1, 0.15) is 24.9 Å². The molecular weight excluding hydrogens is 449 g/mol. The van der Waals surface area contributed by atoms with Gasteiger partial charge < -0.3 is 9.64 Å². The molecule has 1 amide bonds. The first kappa shape index (κ1) is 21.0. The Morgan fingerprint density at radius 3 is 2.70 bits per heavy atom. The van der Waals surface area contributed by atoms with Gasteiger partial charge in [0.25, 0.3) is 9.05 Å². The van der Waals surface area contributed by atoms with Gasteiger partial charge in [-0.05, 0) is 31.0 Å². The van der Waals surface area contributed by atoms with Gasteiger partial charge in [-0.25, -0.2) is 13.2 Å². The summed E-state index contributed by atoms with van der Waals surface area (Å²) in [5.41, 5.74) is 1.47. The maximum absolute atomic E-state index is 12.6. The van der Waals surface area contributed by atoms with E-state index >= 15 is 0 Å². The average molecular weight is 468 g/mol. The number of rotatable bonds is 4. The van der Waals surface area contributed by atoms with Crippen LogP contribution in [0.3, 0.4) is 0 Å². The Morgan fingerprint density at radius 2 is 2.00 bits per heavy atom. The predicted molar refractivity (Wildman–Crippen MR) is 114 cm³/mol. The summed E-state index contributed by atoms with van der Waals surface area (Å²) in [5, 5.41) is 5.28. The lowest BCUT2D eigenvalue weighted by molar-refractivity contribution is 0.0935. The molecule has 2 atom stereocenters. The van der Waals surface area contributed by atoms with Crippen LogP contribution in [0.4, 0.5) is 4.79 Å². The molecule has 1 saturated heterocycles. The first-order valence-electron chi connectivity index (χ1n) is 9.33. The fourth-order valence-corrected chi connectivity index (χ4v) is 4.85. The standard InChI is InChI=1S/C20H19Cl2N3O4S/c1-13-7-15(11-24(13)20(26)29-12-14-5-3-2-4-6-14)25-19-9-16(30(22,27)28)8-18(21)17(19)10-23-25/h2-6,8-10,13,15H,7,11-12H2,1H3/t13-,15-/m1/s1. The van der Waals surface area contributed by atoms with Gasteiger partial charge in [0.15, 0.2) is 0 Å². The number of benzene rings is 2. The number of carbonyl (C=O) groups excluding carboxylic acids is 1. The fraction of sp³-hybridized carbons (Fsp3) is 0.300. The summed E-state index contributed by atoms with van der Waals surface area (Å²) in [7, 11) is 1.56. The van der Waals surface area contributed by atoms with Gasteiger partial charge >= 0.3 is 6.09 Å². The summed E-state index contributed by atoms with van der Waals surface area (Å²) in [6, 6.07) is 12.0. The smallest absolute Gasteiger partial charge is 0.410 e. The SMILES string of the molecule is C[C@@H]1C[C@@H](n2ncc3c(Cl)cc(S(=O)(=O)Cl)cc32)CN1C(=O)OCc1ccccc1. The zero-order valence-electron chi connectivity index (χ0n) is 16.0. The third kappa shape index (κ3) is 4.12. The van der Waals surface area contributed by atoms with Crippen molar-refractivity contribution in [3.8, 4) is 0 Å². The van der Waals surface area contributed by atoms with E-state index in [4.69, 9.17) is 27.0 Å². The first-order valence-corrected chi connectivity index (χ1v) is 12.0. The zero-order chi connectivity index (χ0) is 21.5. The molecule has 1 fully saturated rings. The highest BCUT2D eigenvalue weighted by Crippen LogP contribution is 2.34. The molecule has 1 aliphatic rings. The number of likely N-dealkylation sites (tertiary alicyclic amines) is 1. The van der Waals surface area contributed by atoms with Gasteiger partial charge in [-0.1, -0.05) is 41.9 Å². The normalized spacial score (nSPS) is 19.4. The van der Waals surface area contributed by atoms with Crippen LogP contribution in [0.25, 0.3) is 10.9 Å². The average Bonchev–Trinajstić information content (AvgIpc) is 3.30. The molecule has 3 aromatic rings. The van der Waals surface area contributed by atoms with Crippen LogP contribution in [0.15, 0.2) is 53.6 Å². The monoisotopic (exact) mass is 467 g/mol. The minimum Gasteiger partial charge on any atom is -0.445 e. The van der Waals surface area contributed by atoms with Crippen molar-refractivity contribution >= 4 is 48.3 Å². The van der Waals surface area contributed by atoms with E-state index in [1.54, 1.807) is 15.8 Å². The lowest BCUT2D eigenvalue weighted by Crippen LogP contribution is -2.34. The van der Waals surface area contributed by atoms with E-state index in [0.29, 0.717) is 23.9 Å². The number of ether oxygens (including phenoxy) is 1. The van der Waals surface area contributed by atoms with E-state index in [1.165, 1.54) is 12.1 Å². The zero-order valence-corrected chi connectivity index (χ0v) is 18.4. The number of hydrogen-bond donors (Lipinski definition) is 0. The Bertz CT molecular complexity index is 1200. The van der Waals surface area contributed by atoms with Gasteiger partial charge in [0.05, 0.1) is 27.7 Å². The summed E-state index contributed by atoms with van der Waals surface area (Å²) < 4.78 is 30.7. The van der Waals surface area contributed by atoms with Gasteiger partial charge in [0.1, 0.15) is 6.61 Å². The van der Waals surface area contributed by atoms with Crippen LogP contribution in [0.2, 0.25) is 5.02 Å². The molecule has 0 spiro atoms. The molecular formula is C20H19Cl2N3O4S. The van der Waals surface area contributed by atoms with Gasteiger partial charge in [-0.15, -0.1) is 0 Å². The molecule has 0 radical (unpaired) electrons. The molecule has 158 valence electrons. The van der Waals surface area contributed by atoms with Crippen molar-refractivity contribution in [2.24, 2.45) is 0 Å². The predicted octanol–water partition coefficient (Wildman–Crippen LogP) is 4.59. The molecule has 0 N–H and O–H groups in total. The van der Waals surface area contributed by atoms with E-state index in [0.717, 1.165) is 5.56 Å². The number of nitrogens with zero attached hydrogens (tertiary/aromatic N) is 3. The highest BCUT2D eigenvalue weighted by atomic mass is 35.7. The van der Waals surface area contributed by atoms with Crippen LogP contribution >= 0.6 is 22.3 Å². The van der Waals surface area contributed by atoms with Crippen LogP contribution in [0, 0.1) is 0 Å². The Kier molecular flexibility index (Phi) is 5.65. The summed E-state index contributed by atoms with van der Waals surface area (Å²) in [6.45, 7) is 2.53.